The number of hydrogen-bond donors (Lipinski definition) is 2. The maximum Gasteiger partial charge on any atom is 0.411 e. The Kier molecular flexibility index (Phi) is 7.18. The first-order chi connectivity index (χ1) is 20.6. The third-order valence-corrected chi connectivity index (χ3v) is 10.5. The van der Waals surface area contributed by atoms with Crippen LogP contribution in [-0.2, 0) is 16.4 Å². The molecule has 0 atom stereocenters. The Labute approximate surface area is 255 Å². The molecule has 4 aliphatic rings. The van der Waals surface area contributed by atoms with Crippen LogP contribution < -0.4 is 4.90 Å². The summed E-state index contributed by atoms with van der Waals surface area (Å²) in [6.07, 6.45) is 0.772. The average molecular weight is 612 g/mol. The zero-order chi connectivity index (χ0) is 31.7. The van der Waals surface area contributed by atoms with Gasteiger partial charge in [0.25, 0.3) is 0 Å². The van der Waals surface area contributed by atoms with E-state index in [-0.39, 0.29) is 28.6 Å². The van der Waals surface area contributed by atoms with Gasteiger partial charge in [-0.25, -0.2) is 4.79 Å². The molecule has 0 saturated heterocycles. The summed E-state index contributed by atoms with van der Waals surface area (Å²) in [5.74, 6) is 1.85. The molecular formula is C34H40F3N3O4. The summed E-state index contributed by atoms with van der Waals surface area (Å²) in [7, 11) is 0. The minimum Gasteiger partial charge on any atom is -0.465 e. The molecule has 0 aliphatic heterocycles. The van der Waals surface area contributed by atoms with Crippen LogP contribution in [0.5, 0.6) is 0 Å². The molecule has 7 rings (SSSR count). The number of aromatic nitrogens is 2. The van der Waals surface area contributed by atoms with Gasteiger partial charge in [-0.3, -0.25) is 4.90 Å². The van der Waals surface area contributed by atoms with E-state index in [9.17, 15) is 28.2 Å². The van der Waals surface area contributed by atoms with E-state index in [1.807, 2.05) is 0 Å². The molecule has 2 bridgehead atoms. The van der Waals surface area contributed by atoms with Gasteiger partial charge in [-0.05, 0) is 113 Å². The van der Waals surface area contributed by atoms with E-state index in [1.54, 1.807) is 50.2 Å². The summed E-state index contributed by atoms with van der Waals surface area (Å²) in [4.78, 5) is 18.8. The van der Waals surface area contributed by atoms with Gasteiger partial charge in [-0.2, -0.15) is 18.2 Å². The van der Waals surface area contributed by atoms with Crippen LogP contribution in [0.15, 0.2) is 47.0 Å². The van der Waals surface area contributed by atoms with Gasteiger partial charge in [0.15, 0.2) is 5.82 Å². The summed E-state index contributed by atoms with van der Waals surface area (Å²) in [6.45, 7) is 5.60. The second kappa shape index (κ2) is 10.3. The van der Waals surface area contributed by atoms with Gasteiger partial charge in [0.05, 0.1) is 16.7 Å². The minimum absolute atomic E-state index is 0.0478. The van der Waals surface area contributed by atoms with E-state index < -0.39 is 23.3 Å². The number of amides is 1. The van der Waals surface area contributed by atoms with Crippen LogP contribution in [0.4, 0.5) is 23.7 Å². The lowest BCUT2D eigenvalue weighted by Crippen LogP contribution is -2.51. The summed E-state index contributed by atoms with van der Waals surface area (Å²) in [5, 5.41) is 25.2. The van der Waals surface area contributed by atoms with Gasteiger partial charge in [-0.1, -0.05) is 41.6 Å². The molecule has 0 radical (unpaired) electrons. The summed E-state index contributed by atoms with van der Waals surface area (Å²) in [6, 6.07) is 11.5. The molecule has 2 N–H and O–H groups in total. The van der Waals surface area contributed by atoms with Crippen molar-refractivity contribution in [2.75, 3.05) is 11.4 Å². The summed E-state index contributed by atoms with van der Waals surface area (Å²) < 4.78 is 49.9. The molecule has 1 aromatic heterocycles. The molecule has 4 fully saturated rings. The molecule has 0 unspecified atom stereocenters. The van der Waals surface area contributed by atoms with Gasteiger partial charge in [0, 0.05) is 17.9 Å². The molecule has 2 aromatic carbocycles. The fourth-order valence-corrected chi connectivity index (χ4v) is 7.23. The van der Waals surface area contributed by atoms with E-state index in [1.165, 1.54) is 6.07 Å². The largest absolute Gasteiger partial charge is 0.465 e. The predicted octanol–water partition coefficient (Wildman–Crippen LogP) is 8.46. The number of rotatable bonds is 8. The van der Waals surface area contributed by atoms with Crippen molar-refractivity contribution in [2.24, 2.45) is 5.41 Å². The number of carboxylic acid groups (broad SMARTS) is 1. The van der Waals surface area contributed by atoms with E-state index in [0.29, 0.717) is 28.5 Å². The second-order valence-corrected chi connectivity index (χ2v) is 14.3. The number of carbonyl (C=O) groups is 1. The zero-order valence-corrected chi connectivity index (χ0v) is 25.7. The van der Waals surface area contributed by atoms with Gasteiger partial charge in [-0.15, -0.1) is 0 Å². The number of nitrogens with zero attached hydrogens (tertiary/aromatic N) is 3. The maximum atomic E-state index is 14.7. The van der Waals surface area contributed by atoms with Crippen LogP contribution in [-0.4, -0.2) is 39.2 Å². The monoisotopic (exact) mass is 611 g/mol. The second-order valence-electron chi connectivity index (χ2n) is 14.3. The van der Waals surface area contributed by atoms with E-state index in [2.05, 4.69) is 5.16 Å². The van der Waals surface area contributed by atoms with Crippen molar-refractivity contribution < 1.29 is 32.7 Å². The number of benzene rings is 2. The van der Waals surface area contributed by atoms with Crippen molar-refractivity contribution in [3.63, 3.8) is 0 Å². The first-order valence-electron chi connectivity index (χ1n) is 15.4. The highest BCUT2D eigenvalue weighted by Crippen LogP contribution is 2.58. The average Bonchev–Trinajstić information content (AvgIpc) is 3.71. The Bertz CT molecular complexity index is 1530. The molecule has 1 amide bonds. The lowest BCUT2D eigenvalue weighted by Gasteiger charge is -2.53. The molecule has 4 saturated carbocycles. The highest BCUT2D eigenvalue weighted by molar-refractivity contribution is 5.90. The Balaban J connectivity index is 1.35. The van der Waals surface area contributed by atoms with Crippen LogP contribution in [0, 0.1) is 5.41 Å². The number of alkyl halides is 3. The molecule has 0 spiro atoms. The molecular weight excluding hydrogens is 571 g/mol. The fourth-order valence-electron chi connectivity index (χ4n) is 7.23. The van der Waals surface area contributed by atoms with Crippen molar-refractivity contribution in [2.45, 2.75) is 108 Å². The lowest BCUT2D eigenvalue weighted by atomic mass is 9.53. The van der Waals surface area contributed by atoms with E-state index in [4.69, 9.17) is 9.51 Å². The lowest BCUT2D eigenvalue weighted by molar-refractivity contribution is -0.179. The molecule has 3 aromatic rings. The Morgan fingerprint density at radius 1 is 0.977 bits per heavy atom. The minimum atomic E-state index is -4.65. The number of aliphatic hydroxyl groups is 1. The van der Waals surface area contributed by atoms with Gasteiger partial charge >= 0.3 is 12.3 Å². The van der Waals surface area contributed by atoms with Crippen LogP contribution in [0.2, 0.25) is 0 Å². The van der Waals surface area contributed by atoms with Gasteiger partial charge < -0.3 is 14.7 Å². The molecule has 4 aliphatic carbocycles. The third kappa shape index (κ3) is 5.29. The third-order valence-electron chi connectivity index (χ3n) is 10.5. The topological polar surface area (TPSA) is 99.7 Å². The first-order valence-corrected chi connectivity index (χ1v) is 15.4. The Morgan fingerprint density at radius 3 is 2.11 bits per heavy atom. The first kappa shape index (κ1) is 30.6. The summed E-state index contributed by atoms with van der Waals surface area (Å²) in [5.41, 5.74) is -2.63. The van der Waals surface area contributed by atoms with E-state index >= 15 is 0 Å². The molecule has 44 heavy (non-hydrogen) atoms. The van der Waals surface area contributed by atoms with Crippen LogP contribution in [0.1, 0.15) is 108 Å². The normalized spacial score (nSPS) is 24.0. The number of fused-ring (bicyclic) bond motifs is 3. The number of halogens is 3. The molecule has 236 valence electrons. The predicted molar refractivity (Wildman–Crippen MR) is 160 cm³/mol. The van der Waals surface area contributed by atoms with Crippen molar-refractivity contribution in [1.29, 1.82) is 0 Å². The number of hydrogen-bond acceptors (Lipinski definition) is 5. The van der Waals surface area contributed by atoms with Crippen molar-refractivity contribution >= 4 is 11.8 Å². The van der Waals surface area contributed by atoms with Crippen LogP contribution in [0.25, 0.3) is 11.1 Å². The molecule has 10 heteroatoms. The Hall–Kier alpha value is -3.40. The van der Waals surface area contributed by atoms with Crippen molar-refractivity contribution in [3.8, 4) is 11.1 Å². The van der Waals surface area contributed by atoms with E-state index in [0.717, 1.165) is 75.9 Å². The molecule has 1 heterocycles. The van der Waals surface area contributed by atoms with Crippen molar-refractivity contribution in [1.82, 2.24) is 10.1 Å². The maximum absolute atomic E-state index is 14.7. The smallest absolute Gasteiger partial charge is 0.411 e. The fraction of sp³-hybridized carbons (Fsp3) is 0.559. The molecule has 7 nitrogen and oxygen atoms in total. The summed E-state index contributed by atoms with van der Waals surface area (Å²) >= 11 is 0. The Morgan fingerprint density at radius 2 is 1.59 bits per heavy atom. The van der Waals surface area contributed by atoms with Crippen LogP contribution >= 0.6 is 0 Å². The number of anilines is 1. The SMILES string of the molecule is CC(C)(O)c1ccc(-c2cccc(N(CC34CCC(c5nc(C6CC6)no5)(CC3)CC4)C(=O)O)c2C(C)(C)C(F)(F)F)cc1. The highest BCUT2D eigenvalue weighted by Gasteiger charge is 2.55. The standard InChI is InChI=1S/C34H40F3N3O4/c1-30(2,34(35,36)37)26-24(21-10-12-23(13-11-21)31(3,4)43)6-5-7-25(26)40(29(41)42)20-32-14-17-33(18-15-32,19-16-32)28-38-27(39-44-28)22-8-9-22/h5-7,10-13,22,43H,8-9,14-20H2,1-4H3,(H,41,42). The van der Waals surface area contributed by atoms with Crippen molar-refractivity contribution in [3.05, 3.63) is 65.3 Å². The van der Waals surface area contributed by atoms with Crippen LogP contribution in [0.3, 0.4) is 0 Å². The van der Waals surface area contributed by atoms with Gasteiger partial charge in [0.2, 0.25) is 5.89 Å². The highest BCUT2D eigenvalue weighted by atomic mass is 19.4. The zero-order valence-electron chi connectivity index (χ0n) is 25.7. The van der Waals surface area contributed by atoms with Gasteiger partial charge in [0.1, 0.15) is 0 Å². The quantitative estimate of drug-likeness (QED) is 0.265.